The van der Waals surface area contributed by atoms with Gasteiger partial charge in [-0.25, -0.2) is 0 Å². The van der Waals surface area contributed by atoms with Crippen molar-refractivity contribution in [2.24, 2.45) is 0 Å². The Balaban J connectivity index is 1.57. The van der Waals surface area contributed by atoms with Crippen LogP contribution in [0.2, 0.25) is 5.02 Å². The van der Waals surface area contributed by atoms with E-state index in [1.165, 1.54) is 6.92 Å². The lowest BCUT2D eigenvalue weighted by atomic mass is 10.0. The molecule has 0 aliphatic rings. The van der Waals surface area contributed by atoms with Crippen molar-refractivity contribution in [3.8, 4) is 0 Å². The number of esters is 1. The van der Waals surface area contributed by atoms with E-state index in [4.69, 9.17) is 16.3 Å². The van der Waals surface area contributed by atoms with Crippen LogP contribution in [-0.4, -0.2) is 30.3 Å². The molecule has 8 nitrogen and oxygen atoms in total. The molecule has 0 saturated heterocycles. The molecule has 0 heterocycles. The minimum Gasteiger partial charge on any atom is -0.455 e. The average molecular weight is 494 g/mol. The van der Waals surface area contributed by atoms with Crippen LogP contribution in [0.3, 0.4) is 0 Å². The third-order valence-electron chi connectivity index (χ3n) is 4.85. The molecule has 0 aliphatic carbocycles. The fourth-order valence-corrected chi connectivity index (χ4v) is 3.45. The SMILES string of the molecule is CC(=O)Nc1ccc(NC(=O)COC(=O)CC(NC(=O)c2ccccc2Cl)c2ccccc2)cc1. The topological polar surface area (TPSA) is 114 Å². The number of rotatable bonds is 9. The molecule has 3 amide bonds. The molecule has 0 bridgehead atoms. The summed E-state index contributed by atoms with van der Waals surface area (Å²) >= 11 is 6.12. The maximum Gasteiger partial charge on any atom is 0.308 e. The molecule has 0 radical (unpaired) electrons. The second kappa shape index (κ2) is 12.3. The first kappa shape index (κ1) is 25.5. The molecule has 180 valence electrons. The Labute approximate surface area is 207 Å². The molecule has 0 fully saturated rings. The van der Waals surface area contributed by atoms with Crippen LogP contribution in [0, 0.1) is 0 Å². The summed E-state index contributed by atoms with van der Waals surface area (Å²) in [5.74, 6) is -1.82. The zero-order chi connectivity index (χ0) is 25.2. The molecular formula is C26H24ClN3O5. The number of benzene rings is 3. The van der Waals surface area contributed by atoms with Crippen molar-refractivity contribution in [2.75, 3.05) is 17.2 Å². The molecule has 3 aromatic carbocycles. The van der Waals surface area contributed by atoms with E-state index in [0.29, 0.717) is 22.0 Å². The number of anilines is 2. The Morgan fingerprint density at radius 3 is 2.06 bits per heavy atom. The van der Waals surface area contributed by atoms with Crippen LogP contribution in [0.1, 0.15) is 35.3 Å². The number of hydrogen-bond donors (Lipinski definition) is 3. The van der Waals surface area contributed by atoms with Crippen LogP contribution in [-0.2, 0) is 19.1 Å². The van der Waals surface area contributed by atoms with Crippen molar-refractivity contribution in [1.82, 2.24) is 5.32 Å². The molecule has 1 unspecified atom stereocenters. The van der Waals surface area contributed by atoms with Gasteiger partial charge in [0, 0.05) is 18.3 Å². The maximum absolute atomic E-state index is 12.7. The molecule has 3 rings (SSSR count). The van der Waals surface area contributed by atoms with Gasteiger partial charge in [-0.05, 0) is 42.0 Å². The predicted molar refractivity (Wildman–Crippen MR) is 133 cm³/mol. The quantitative estimate of drug-likeness (QED) is 0.384. The zero-order valence-electron chi connectivity index (χ0n) is 18.9. The molecule has 0 saturated carbocycles. The van der Waals surface area contributed by atoms with Gasteiger partial charge in [0.05, 0.1) is 23.0 Å². The molecule has 3 aromatic rings. The molecule has 3 N–H and O–H groups in total. The zero-order valence-corrected chi connectivity index (χ0v) is 19.7. The second-order valence-corrected chi connectivity index (χ2v) is 8.00. The molecule has 1 atom stereocenters. The summed E-state index contributed by atoms with van der Waals surface area (Å²) in [6.45, 7) is 0.904. The normalized spacial score (nSPS) is 11.1. The third-order valence-corrected chi connectivity index (χ3v) is 5.18. The Morgan fingerprint density at radius 1 is 0.829 bits per heavy atom. The van der Waals surface area contributed by atoms with E-state index in [-0.39, 0.29) is 17.9 Å². The van der Waals surface area contributed by atoms with Crippen LogP contribution in [0.5, 0.6) is 0 Å². The largest absolute Gasteiger partial charge is 0.455 e. The number of amides is 3. The van der Waals surface area contributed by atoms with Crippen molar-refractivity contribution < 1.29 is 23.9 Å². The minimum absolute atomic E-state index is 0.182. The summed E-state index contributed by atoms with van der Waals surface area (Å²) in [5.41, 5.74) is 2.06. The van der Waals surface area contributed by atoms with E-state index in [1.54, 1.807) is 72.8 Å². The van der Waals surface area contributed by atoms with Crippen molar-refractivity contribution in [3.63, 3.8) is 0 Å². The summed E-state index contributed by atoms with van der Waals surface area (Å²) in [5, 5.41) is 8.34. The molecule has 0 aliphatic heterocycles. The number of nitrogens with one attached hydrogen (secondary N) is 3. The van der Waals surface area contributed by atoms with Gasteiger partial charge in [0.15, 0.2) is 6.61 Å². The van der Waals surface area contributed by atoms with Gasteiger partial charge in [-0.1, -0.05) is 54.1 Å². The van der Waals surface area contributed by atoms with Gasteiger partial charge in [-0.3, -0.25) is 19.2 Å². The van der Waals surface area contributed by atoms with Gasteiger partial charge in [-0.2, -0.15) is 0 Å². The van der Waals surface area contributed by atoms with Gasteiger partial charge >= 0.3 is 5.97 Å². The van der Waals surface area contributed by atoms with Crippen molar-refractivity contribution in [3.05, 3.63) is 95.0 Å². The van der Waals surface area contributed by atoms with Crippen molar-refractivity contribution >= 4 is 46.7 Å². The monoisotopic (exact) mass is 493 g/mol. The first-order valence-electron chi connectivity index (χ1n) is 10.8. The standard InChI is InChI=1S/C26H24ClN3O5/c1-17(31)28-19-11-13-20(14-12-19)29-24(32)16-35-25(33)15-23(18-7-3-2-4-8-18)30-26(34)21-9-5-6-10-22(21)27/h2-14,23H,15-16H2,1H3,(H,28,31)(H,29,32)(H,30,34). The highest BCUT2D eigenvalue weighted by Gasteiger charge is 2.21. The van der Waals surface area contributed by atoms with Crippen molar-refractivity contribution in [1.29, 1.82) is 0 Å². The predicted octanol–water partition coefficient (Wildman–Crippen LogP) is 4.34. The minimum atomic E-state index is -0.683. The smallest absolute Gasteiger partial charge is 0.308 e. The van der Waals surface area contributed by atoms with E-state index in [9.17, 15) is 19.2 Å². The lowest BCUT2D eigenvalue weighted by molar-refractivity contribution is -0.147. The first-order valence-corrected chi connectivity index (χ1v) is 11.1. The van der Waals surface area contributed by atoms with E-state index in [0.717, 1.165) is 0 Å². The van der Waals surface area contributed by atoms with E-state index in [2.05, 4.69) is 16.0 Å². The van der Waals surface area contributed by atoms with Gasteiger partial charge < -0.3 is 20.7 Å². The molecule has 35 heavy (non-hydrogen) atoms. The van der Waals surface area contributed by atoms with Crippen molar-refractivity contribution in [2.45, 2.75) is 19.4 Å². The van der Waals surface area contributed by atoms with Crippen LogP contribution in [0.4, 0.5) is 11.4 Å². The highest BCUT2D eigenvalue weighted by Crippen LogP contribution is 2.21. The van der Waals surface area contributed by atoms with Gasteiger partial charge in [-0.15, -0.1) is 0 Å². The highest BCUT2D eigenvalue weighted by molar-refractivity contribution is 6.33. The van der Waals surface area contributed by atoms with E-state index >= 15 is 0 Å². The van der Waals surface area contributed by atoms with Crippen LogP contribution in [0.25, 0.3) is 0 Å². The van der Waals surface area contributed by atoms with E-state index in [1.807, 2.05) is 6.07 Å². The first-order chi connectivity index (χ1) is 16.8. The Hall–Kier alpha value is -4.17. The Bertz CT molecular complexity index is 1200. The van der Waals surface area contributed by atoms with E-state index < -0.39 is 30.4 Å². The van der Waals surface area contributed by atoms with Crippen LogP contribution in [0.15, 0.2) is 78.9 Å². The number of hydrogen-bond acceptors (Lipinski definition) is 5. The van der Waals surface area contributed by atoms with Crippen LogP contribution < -0.4 is 16.0 Å². The Morgan fingerprint density at radius 2 is 1.43 bits per heavy atom. The number of carbonyl (C=O) groups is 4. The number of halogens is 1. The molecular weight excluding hydrogens is 470 g/mol. The highest BCUT2D eigenvalue weighted by atomic mass is 35.5. The summed E-state index contributed by atoms with van der Waals surface area (Å²) < 4.78 is 5.13. The lowest BCUT2D eigenvalue weighted by Crippen LogP contribution is -2.31. The average Bonchev–Trinajstić information content (AvgIpc) is 2.84. The molecule has 9 heteroatoms. The number of ether oxygens (including phenoxy) is 1. The fraction of sp³-hybridized carbons (Fsp3) is 0.154. The summed E-state index contributed by atoms with van der Waals surface area (Å²) in [4.78, 5) is 48.5. The number of carbonyl (C=O) groups excluding carboxylic acids is 4. The van der Waals surface area contributed by atoms with Crippen LogP contribution >= 0.6 is 11.6 Å². The third kappa shape index (κ3) is 7.97. The Kier molecular flexibility index (Phi) is 8.97. The summed E-state index contributed by atoms with van der Waals surface area (Å²) in [7, 11) is 0. The lowest BCUT2D eigenvalue weighted by Gasteiger charge is -2.19. The fourth-order valence-electron chi connectivity index (χ4n) is 3.23. The van der Waals surface area contributed by atoms with Gasteiger partial charge in [0.2, 0.25) is 5.91 Å². The summed E-state index contributed by atoms with van der Waals surface area (Å²) in [6, 6.07) is 21.4. The van der Waals surface area contributed by atoms with Gasteiger partial charge in [0.1, 0.15) is 0 Å². The van der Waals surface area contributed by atoms with Gasteiger partial charge in [0.25, 0.3) is 11.8 Å². The maximum atomic E-state index is 12.7. The molecule has 0 spiro atoms. The second-order valence-electron chi connectivity index (χ2n) is 7.59. The summed E-state index contributed by atoms with van der Waals surface area (Å²) in [6.07, 6.45) is -0.182. The molecule has 0 aromatic heterocycles.